The van der Waals surface area contributed by atoms with E-state index >= 15 is 0 Å². The average molecular weight is 353 g/mol. The Morgan fingerprint density at radius 1 is 1.04 bits per heavy atom. The Balaban J connectivity index is 1.58. The molecule has 0 bridgehead atoms. The van der Waals surface area contributed by atoms with Gasteiger partial charge in [0.25, 0.3) is 0 Å². The van der Waals surface area contributed by atoms with Crippen LogP contribution in [0.3, 0.4) is 0 Å². The van der Waals surface area contributed by atoms with Crippen molar-refractivity contribution in [3.05, 3.63) is 58.6 Å². The first-order valence-electron chi connectivity index (χ1n) is 8.96. The van der Waals surface area contributed by atoms with Crippen LogP contribution in [0, 0.1) is 0 Å². The molecule has 3 aromatic rings. The molecular weight excluding hydrogens is 328 g/mol. The largest absolute Gasteiger partial charge is 0.326 e. The van der Waals surface area contributed by atoms with Gasteiger partial charge >= 0.3 is 0 Å². The molecule has 4 heteroatoms. The number of nitrogens with zero attached hydrogens (tertiary/aromatic N) is 1. The highest BCUT2D eigenvalue weighted by Crippen LogP contribution is 2.24. The van der Waals surface area contributed by atoms with Gasteiger partial charge in [0.2, 0.25) is 5.91 Å². The van der Waals surface area contributed by atoms with Crippen molar-refractivity contribution in [3.8, 4) is 0 Å². The first-order chi connectivity index (χ1) is 12.2. The summed E-state index contributed by atoms with van der Waals surface area (Å²) in [6, 6.07) is 14.4. The molecule has 1 amide bonds. The molecule has 0 atom stereocenters. The van der Waals surface area contributed by atoms with Crippen molar-refractivity contribution in [1.29, 1.82) is 0 Å². The van der Waals surface area contributed by atoms with Crippen LogP contribution in [-0.2, 0) is 24.1 Å². The van der Waals surface area contributed by atoms with E-state index in [1.54, 1.807) is 11.3 Å². The zero-order valence-corrected chi connectivity index (χ0v) is 15.7. The quantitative estimate of drug-likeness (QED) is 0.620. The molecule has 3 nitrogen and oxygen atoms in total. The van der Waals surface area contributed by atoms with Gasteiger partial charge < -0.3 is 5.32 Å². The highest BCUT2D eigenvalue weighted by atomic mass is 32.1. The Hall–Kier alpha value is -2.20. The van der Waals surface area contributed by atoms with Crippen LogP contribution < -0.4 is 5.32 Å². The predicted molar refractivity (Wildman–Crippen MR) is 106 cm³/mol. The number of benzene rings is 2. The van der Waals surface area contributed by atoms with E-state index in [0.717, 1.165) is 41.9 Å². The lowest BCUT2D eigenvalue weighted by molar-refractivity contribution is -0.116. The highest BCUT2D eigenvalue weighted by Gasteiger charge is 2.10. The van der Waals surface area contributed by atoms with Gasteiger partial charge in [0.05, 0.1) is 15.2 Å². The molecule has 0 saturated carbocycles. The molecule has 0 spiro atoms. The van der Waals surface area contributed by atoms with E-state index < -0.39 is 0 Å². The molecule has 25 heavy (non-hydrogen) atoms. The summed E-state index contributed by atoms with van der Waals surface area (Å²) < 4.78 is 1.21. The minimum Gasteiger partial charge on any atom is -0.326 e. The summed E-state index contributed by atoms with van der Waals surface area (Å²) in [5.41, 5.74) is 4.48. The number of aromatic nitrogens is 1. The normalized spacial score (nSPS) is 11.0. The Morgan fingerprint density at radius 3 is 2.44 bits per heavy atom. The molecule has 1 N–H and O–H groups in total. The molecule has 0 aliphatic heterocycles. The first kappa shape index (κ1) is 17.6. The molecule has 0 unspecified atom stereocenters. The fourth-order valence-corrected chi connectivity index (χ4v) is 4.04. The molecule has 2 aromatic carbocycles. The number of hydrogen-bond acceptors (Lipinski definition) is 3. The molecule has 0 saturated heterocycles. The van der Waals surface area contributed by atoms with Crippen LogP contribution in [0.1, 0.15) is 42.8 Å². The summed E-state index contributed by atoms with van der Waals surface area (Å²) >= 11 is 1.72. The van der Waals surface area contributed by atoms with Gasteiger partial charge in [-0.25, -0.2) is 4.98 Å². The zero-order valence-electron chi connectivity index (χ0n) is 14.8. The molecule has 1 aromatic heterocycles. The van der Waals surface area contributed by atoms with Crippen LogP contribution in [0.2, 0.25) is 0 Å². The van der Waals surface area contributed by atoms with E-state index in [4.69, 9.17) is 0 Å². The van der Waals surface area contributed by atoms with E-state index in [1.165, 1.54) is 15.8 Å². The minimum atomic E-state index is 0.0942. The van der Waals surface area contributed by atoms with Crippen molar-refractivity contribution in [3.63, 3.8) is 0 Å². The smallest absolute Gasteiger partial charge is 0.224 e. The minimum absolute atomic E-state index is 0.0942. The van der Waals surface area contributed by atoms with Gasteiger partial charge in [-0.05, 0) is 48.9 Å². The second-order valence-electron chi connectivity index (χ2n) is 6.14. The fourth-order valence-electron chi connectivity index (χ4n) is 3.03. The van der Waals surface area contributed by atoms with Crippen molar-refractivity contribution < 1.29 is 4.79 Å². The second-order valence-corrected chi connectivity index (χ2v) is 7.25. The molecule has 0 aliphatic rings. The Bertz CT molecular complexity index is 814. The Kier molecular flexibility index (Phi) is 5.82. The van der Waals surface area contributed by atoms with E-state index in [2.05, 4.69) is 48.4 Å². The van der Waals surface area contributed by atoms with Crippen molar-refractivity contribution in [1.82, 2.24) is 4.98 Å². The number of rotatable bonds is 7. The van der Waals surface area contributed by atoms with E-state index in [9.17, 15) is 4.79 Å². The molecule has 0 aliphatic carbocycles. The van der Waals surface area contributed by atoms with Crippen LogP contribution >= 0.6 is 11.3 Å². The van der Waals surface area contributed by atoms with Crippen molar-refractivity contribution >= 4 is 33.1 Å². The number of carbonyl (C=O) groups is 1. The van der Waals surface area contributed by atoms with Gasteiger partial charge in [0, 0.05) is 12.1 Å². The lowest BCUT2D eigenvalue weighted by atomic mass is 10.0. The van der Waals surface area contributed by atoms with Crippen molar-refractivity contribution in [2.24, 2.45) is 0 Å². The number of fused-ring (bicyclic) bond motifs is 1. The maximum atomic E-state index is 12.4. The van der Waals surface area contributed by atoms with Crippen LogP contribution in [0.4, 0.5) is 5.69 Å². The number of anilines is 1. The summed E-state index contributed by atoms with van der Waals surface area (Å²) in [4.78, 5) is 17.0. The highest BCUT2D eigenvalue weighted by molar-refractivity contribution is 7.18. The maximum Gasteiger partial charge on any atom is 0.224 e. The summed E-state index contributed by atoms with van der Waals surface area (Å²) in [6.45, 7) is 4.25. The van der Waals surface area contributed by atoms with E-state index in [1.807, 2.05) is 18.2 Å². The molecule has 130 valence electrons. The molecule has 1 heterocycles. The summed E-state index contributed by atoms with van der Waals surface area (Å²) in [6.07, 6.45) is 4.05. The van der Waals surface area contributed by atoms with Crippen LogP contribution in [-0.4, -0.2) is 10.9 Å². The van der Waals surface area contributed by atoms with Crippen molar-refractivity contribution in [2.75, 3.05) is 5.32 Å². The molecule has 0 fully saturated rings. The number of aryl methyl sites for hydroxylation is 3. The number of carbonyl (C=O) groups excluding carboxylic acids is 1. The van der Waals surface area contributed by atoms with Gasteiger partial charge in [-0.1, -0.05) is 44.2 Å². The lowest BCUT2D eigenvalue weighted by Crippen LogP contribution is -2.14. The fraction of sp³-hybridized carbons (Fsp3) is 0.333. The summed E-state index contributed by atoms with van der Waals surface area (Å²) in [5, 5.41) is 4.25. The third-order valence-electron chi connectivity index (χ3n) is 4.40. The van der Waals surface area contributed by atoms with Crippen molar-refractivity contribution in [2.45, 2.75) is 46.0 Å². The summed E-state index contributed by atoms with van der Waals surface area (Å²) in [5.74, 6) is 0.0942. The predicted octanol–water partition coefficient (Wildman–Crippen LogP) is 5.38. The van der Waals surface area contributed by atoms with Crippen LogP contribution in [0.25, 0.3) is 10.2 Å². The topological polar surface area (TPSA) is 42.0 Å². The summed E-state index contributed by atoms with van der Waals surface area (Å²) in [7, 11) is 0. The third-order valence-corrected chi connectivity index (χ3v) is 5.49. The number of para-hydroxylation sites is 2. The van der Waals surface area contributed by atoms with Gasteiger partial charge in [-0.15, -0.1) is 11.3 Å². The maximum absolute atomic E-state index is 12.4. The monoisotopic (exact) mass is 352 g/mol. The van der Waals surface area contributed by atoms with Gasteiger partial charge in [-0.2, -0.15) is 0 Å². The standard InChI is InChI=1S/C21H24N2OS/c1-3-15-9-7-10-16(4-2)21(15)23-19(24)13-8-14-20-22-17-11-5-6-12-18(17)25-20/h5-7,9-12H,3-4,8,13-14H2,1-2H3,(H,23,24). The number of hydrogen-bond donors (Lipinski definition) is 1. The Labute approximate surface area is 153 Å². The molecule has 3 rings (SSSR count). The number of thiazole rings is 1. The van der Waals surface area contributed by atoms with Gasteiger partial charge in [-0.3, -0.25) is 4.79 Å². The van der Waals surface area contributed by atoms with E-state index in [-0.39, 0.29) is 5.91 Å². The molecular formula is C21H24N2OS. The zero-order chi connectivity index (χ0) is 17.6. The molecule has 0 radical (unpaired) electrons. The van der Waals surface area contributed by atoms with Gasteiger partial charge in [0.15, 0.2) is 0 Å². The number of nitrogens with one attached hydrogen (secondary N) is 1. The first-order valence-corrected chi connectivity index (χ1v) is 9.78. The van der Waals surface area contributed by atoms with Gasteiger partial charge in [0.1, 0.15) is 0 Å². The number of amides is 1. The van der Waals surface area contributed by atoms with E-state index in [0.29, 0.717) is 6.42 Å². The second kappa shape index (κ2) is 8.26. The lowest BCUT2D eigenvalue weighted by Gasteiger charge is -2.14. The third kappa shape index (κ3) is 4.26. The van der Waals surface area contributed by atoms with Crippen LogP contribution in [0.5, 0.6) is 0 Å². The average Bonchev–Trinajstić information content (AvgIpc) is 3.04. The van der Waals surface area contributed by atoms with Crippen LogP contribution in [0.15, 0.2) is 42.5 Å². The Morgan fingerprint density at radius 2 is 1.76 bits per heavy atom. The SMILES string of the molecule is CCc1cccc(CC)c1NC(=O)CCCc1nc2ccccc2s1.